The van der Waals surface area contributed by atoms with E-state index in [0.717, 1.165) is 10.2 Å². The van der Waals surface area contributed by atoms with Crippen molar-refractivity contribution in [3.8, 4) is 16.3 Å². The minimum Gasteiger partial charge on any atom is -0.495 e. The van der Waals surface area contributed by atoms with Crippen LogP contribution in [0.4, 0.5) is 5.69 Å². The Morgan fingerprint density at radius 2 is 1.75 bits per heavy atom. The molecule has 4 rings (SSSR count). The number of rotatable bonds is 5. The molecule has 1 heterocycles. The third-order valence-electron chi connectivity index (χ3n) is 4.48. The van der Waals surface area contributed by atoms with E-state index in [2.05, 4.69) is 10.3 Å². The first-order valence-electron chi connectivity index (χ1n) is 9.23. The van der Waals surface area contributed by atoms with E-state index in [9.17, 15) is 4.79 Å². The van der Waals surface area contributed by atoms with Crippen molar-refractivity contribution < 1.29 is 9.53 Å². The summed E-state index contributed by atoms with van der Waals surface area (Å²) in [6, 6.07) is 14.3. The van der Waals surface area contributed by atoms with E-state index in [0.29, 0.717) is 47.7 Å². The molecule has 0 aliphatic heterocycles. The molecule has 9 heteroatoms. The highest BCUT2D eigenvalue weighted by atomic mass is 35.5. The van der Waals surface area contributed by atoms with Gasteiger partial charge in [-0.1, -0.05) is 58.5 Å². The Hall–Kier alpha value is -2.28. The van der Waals surface area contributed by atoms with Crippen LogP contribution in [0.25, 0.3) is 26.9 Å². The van der Waals surface area contributed by atoms with E-state index in [1.165, 1.54) is 24.5 Å². The number of nitrogens with one attached hydrogen (secondary N) is 1. The van der Waals surface area contributed by atoms with Gasteiger partial charge < -0.3 is 10.1 Å². The molecule has 0 saturated carbocycles. The van der Waals surface area contributed by atoms with Gasteiger partial charge in [-0.2, -0.15) is 0 Å². The zero-order valence-corrected chi connectivity index (χ0v) is 20.3. The summed E-state index contributed by atoms with van der Waals surface area (Å²) >= 11 is 26.4. The van der Waals surface area contributed by atoms with Crippen LogP contribution in [0.3, 0.4) is 0 Å². The van der Waals surface area contributed by atoms with Crippen molar-refractivity contribution in [1.29, 1.82) is 0 Å². The second kappa shape index (κ2) is 9.69. The number of ether oxygens (including phenoxy) is 1. The normalized spacial score (nSPS) is 11.3. The van der Waals surface area contributed by atoms with Crippen LogP contribution in [0, 0.1) is 0 Å². The van der Waals surface area contributed by atoms with E-state index >= 15 is 0 Å². The van der Waals surface area contributed by atoms with Gasteiger partial charge in [-0.15, -0.1) is 11.3 Å². The van der Waals surface area contributed by atoms with Gasteiger partial charge in [-0.05, 0) is 42.5 Å². The standard InChI is InChI=1S/C23H14Cl4N2O2S/c1-31-22-12(8-13(24)11-17(22)27)6-7-20(30)29-21-15(9-14(25)10-16(21)26)23-28-18-4-2-3-5-19(18)32-23/h2-11H,1H3,(H,29,30)/b7-6+. The molecule has 1 amide bonds. The first kappa shape index (κ1) is 22.9. The average Bonchev–Trinajstić information content (AvgIpc) is 3.17. The van der Waals surface area contributed by atoms with Gasteiger partial charge >= 0.3 is 0 Å². The third-order valence-corrected chi connectivity index (χ3v) is 6.57. The number of para-hydroxylation sites is 1. The molecule has 0 bridgehead atoms. The van der Waals surface area contributed by atoms with E-state index in [4.69, 9.17) is 51.1 Å². The Labute approximate surface area is 208 Å². The van der Waals surface area contributed by atoms with Crippen LogP contribution in [0.5, 0.6) is 5.75 Å². The highest BCUT2D eigenvalue weighted by Gasteiger charge is 2.17. The molecular formula is C23H14Cl4N2O2S. The fourth-order valence-electron chi connectivity index (χ4n) is 3.11. The zero-order chi connectivity index (χ0) is 22.8. The minimum atomic E-state index is -0.408. The monoisotopic (exact) mass is 522 g/mol. The molecule has 1 aromatic heterocycles. The first-order chi connectivity index (χ1) is 15.4. The number of amides is 1. The predicted octanol–water partition coefficient (Wildman–Crippen LogP) is 8.24. The number of hydrogen-bond donors (Lipinski definition) is 1. The number of carbonyl (C=O) groups excluding carboxylic acids is 1. The molecule has 0 unspecified atom stereocenters. The van der Waals surface area contributed by atoms with Gasteiger partial charge in [0.25, 0.3) is 0 Å². The molecule has 0 radical (unpaired) electrons. The lowest BCUT2D eigenvalue weighted by atomic mass is 10.1. The van der Waals surface area contributed by atoms with Crippen LogP contribution in [0.2, 0.25) is 20.1 Å². The highest BCUT2D eigenvalue weighted by molar-refractivity contribution is 7.21. The van der Waals surface area contributed by atoms with Gasteiger partial charge in [-0.3, -0.25) is 4.79 Å². The van der Waals surface area contributed by atoms with Crippen molar-refractivity contribution in [2.24, 2.45) is 0 Å². The van der Waals surface area contributed by atoms with E-state index in [-0.39, 0.29) is 0 Å². The van der Waals surface area contributed by atoms with Gasteiger partial charge in [0.1, 0.15) is 10.8 Å². The summed E-state index contributed by atoms with van der Waals surface area (Å²) in [5.41, 5.74) is 2.47. The van der Waals surface area contributed by atoms with E-state index < -0.39 is 5.91 Å². The summed E-state index contributed by atoms with van der Waals surface area (Å²) in [5, 5.41) is 5.04. The quantitative estimate of drug-likeness (QED) is 0.268. The molecule has 162 valence electrons. The molecule has 4 nitrogen and oxygen atoms in total. The van der Waals surface area contributed by atoms with Crippen LogP contribution in [-0.4, -0.2) is 18.0 Å². The Morgan fingerprint density at radius 3 is 2.50 bits per heavy atom. The second-order valence-electron chi connectivity index (χ2n) is 6.63. The molecule has 0 aliphatic carbocycles. The molecule has 0 aliphatic rings. The molecule has 4 aromatic rings. The number of fused-ring (bicyclic) bond motifs is 1. The first-order valence-corrected chi connectivity index (χ1v) is 11.6. The predicted molar refractivity (Wildman–Crippen MR) is 136 cm³/mol. The number of nitrogens with zero attached hydrogens (tertiary/aromatic N) is 1. The summed E-state index contributed by atoms with van der Waals surface area (Å²) in [7, 11) is 1.49. The molecule has 0 atom stereocenters. The maximum absolute atomic E-state index is 12.7. The summed E-state index contributed by atoms with van der Waals surface area (Å²) < 4.78 is 6.32. The number of halogens is 4. The largest absolute Gasteiger partial charge is 0.495 e. The average molecular weight is 524 g/mol. The summed E-state index contributed by atoms with van der Waals surface area (Å²) in [6.07, 6.45) is 2.91. The van der Waals surface area contributed by atoms with Crippen LogP contribution >= 0.6 is 57.7 Å². The summed E-state index contributed by atoms with van der Waals surface area (Å²) in [6.45, 7) is 0. The van der Waals surface area contributed by atoms with Gasteiger partial charge in [0, 0.05) is 27.2 Å². The maximum Gasteiger partial charge on any atom is 0.248 e. The lowest BCUT2D eigenvalue weighted by molar-refractivity contribution is -0.111. The number of anilines is 1. The maximum atomic E-state index is 12.7. The lowest BCUT2D eigenvalue weighted by Gasteiger charge is -2.11. The van der Waals surface area contributed by atoms with Gasteiger partial charge in [0.15, 0.2) is 0 Å². The van der Waals surface area contributed by atoms with Crippen LogP contribution in [-0.2, 0) is 4.79 Å². The molecule has 1 N–H and O–H groups in total. The number of hydrogen-bond acceptors (Lipinski definition) is 4. The van der Waals surface area contributed by atoms with Crippen molar-refractivity contribution >= 4 is 85.6 Å². The number of carbonyl (C=O) groups is 1. The fourth-order valence-corrected chi connectivity index (χ4v) is 5.22. The van der Waals surface area contributed by atoms with Crippen LogP contribution in [0.1, 0.15) is 5.56 Å². The van der Waals surface area contributed by atoms with E-state index in [1.54, 1.807) is 30.3 Å². The third kappa shape index (κ3) is 4.87. The van der Waals surface area contributed by atoms with Gasteiger partial charge in [0.05, 0.1) is 33.1 Å². The van der Waals surface area contributed by atoms with Crippen LogP contribution < -0.4 is 10.1 Å². The number of methoxy groups -OCH3 is 1. The number of benzene rings is 3. The highest BCUT2D eigenvalue weighted by Crippen LogP contribution is 2.40. The number of thiazole rings is 1. The van der Waals surface area contributed by atoms with Crippen molar-refractivity contribution in [2.75, 3.05) is 12.4 Å². The summed E-state index contributed by atoms with van der Waals surface area (Å²) in [4.78, 5) is 17.4. The molecule has 0 fully saturated rings. The Bertz CT molecular complexity index is 1330. The van der Waals surface area contributed by atoms with Gasteiger partial charge in [-0.25, -0.2) is 4.98 Å². The zero-order valence-electron chi connectivity index (χ0n) is 16.5. The fraction of sp³-hybridized carbons (Fsp3) is 0.0435. The molecule has 32 heavy (non-hydrogen) atoms. The topological polar surface area (TPSA) is 51.2 Å². The van der Waals surface area contributed by atoms with E-state index in [1.807, 2.05) is 24.3 Å². The Morgan fingerprint density at radius 1 is 1.03 bits per heavy atom. The molecule has 3 aromatic carbocycles. The lowest BCUT2D eigenvalue weighted by Crippen LogP contribution is -2.09. The van der Waals surface area contributed by atoms with Gasteiger partial charge in [0.2, 0.25) is 5.91 Å². The molecular weight excluding hydrogens is 510 g/mol. The van der Waals surface area contributed by atoms with Crippen molar-refractivity contribution in [1.82, 2.24) is 4.98 Å². The van der Waals surface area contributed by atoms with Crippen molar-refractivity contribution in [3.05, 3.63) is 80.3 Å². The number of aromatic nitrogens is 1. The minimum absolute atomic E-state index is 0.303. The van der Waals surface area contributed by atoms with Crippen LogP contribution in [0.15, 0.2) is 54.6 Å². The Kier molecular flexibility index (Phi) is 6.93. The Balaban J connectivity index is 1.68. The molecule has 0 saturated heterocycles. The van der Waals surface area contributed by atoms with Crippen molar-refractivity contribution in [2.45, 2.75) is 0 Å². The van der Waals surface area contributed by atoms with Crippen molar-refractivity contribution in [3.63, 3.8) is 0 Å². The summed E-state index contributed by atoms with van der Waals surface area (Å²) in [5.74, 6) is 0.00883. The molecule has 0 spiro atoms. The smallest absolute Gasteiger partial charge is 0.248 e. The second-order valence-corrected chi connectivity index (χ2v) is 9.35. The SMILES string of the molecule is COc1c(Cl)cc(Cl)cc1/C=C/C(=O)Nc1c(Cl)cc(Cl)cc1-c1nc2ccccc2s1.